The van der Waals surface area contributed by atoms with Gasteiger partial charge in [-0.2, -0.15) is 0 Å². The van der Waals surface area contributed by atoms with E-state index in [-0.39, 0.29) is 6.10 Å². The highest BCUT2D eigenvalue weighted by molar-refractivity contribution is 5.08. The smallest absolute Gasteiger partial charge is 0.0512 e. The van der Waals surface area contributed by atoms with Crippen LogP contribution >= 0.6 is 0 Å². The quantitative estimate of drug-likeness (QED) is 0.665. The van der Waals surface area contributed by atoms with Gasteiger partial charge in [-0.05, 0) is 50.9 Å². The van der Waals surface area contributed by atoms with Crippen molar-refractivity contribution in [2.45, 2.75) is 32.3 Å². The van der Waals surface area contributed by atoms with Gasteiger partial charge < -0.3 is 10.4 Å². The van der Waals surface area contributed by atoms with Crippen molar-refractivity contribution < 1.29 is 5.11 Å². The van der Waals surface area contributed by atoms with Gasteiger partial charge in [0, 0.05) is 12.4 Å². The summed E-state index contributed by atoms with van der Waals surface area (Å²) in [6.45, 7) is 3.78. The zero-order valence-corrected chi connectivity index (χ0v) is 9.32. The Morgan fingerprint density at radius 1 is 1.47 bits per heavy atom. The topological polar surface area (TPSA) is 45.1 Å². The van der Waals surface area contributed by atoms with Crippen LogP contribution in [0.5, 0.6) is 0 Å². The Labute approximate surface area is 91.5 Å². The van der Waals surface area contributed by atoms with Crippen molar-refractivity contribution in [1.82, 2.24) is 10.3 Å². The molecule has 0 aliphatic carbocycles. The van der Waals surface area contributed by atoms with Crippen molar-refractivity contribution >= 4 is 0 Å². The average Bonchev–Trinajstić information content (AvgIpc) is 2.24. The molecule has 0 aromatic carbocycles. The summed E-state index contributed by atoms with van der Waals surface area (Å²) < 4.78 is 0. The van der Waals surface area contributed by atoms with Crippen LogP contribution in [0, 0.1) is 0 Å². The second-order valence-corrected chi connectivity index (χ2v) is 3.85. The van der Waals surface area contributed by atoms with E-state index < -0.39 is 0 Å². The van der Waals surface area contributed by atoms with E-state index in [4.69, 9.17) is 5.11 Å². The molecule has 2 N–H and O–H groups in total. The number of aliphatic hydroxyl groups excluding tert-OH is 1. The van der Waals surface area contributed by atoms with E-state index in [2.05, 4.69) is 16.4 Å². The predicted molar refractivity (Wildman–Crippen MR) is 61.7 cm³/mol. The summed E-state index contributed by atoms with van der Waals surface area (Å²) in [4.78, 5) is 4.06. The molecular formula is C12H20N2O. The first kappa shape index (κ1) is 12.1. The highest BCUT2D eigenvalue weighted by atomic mass is 16.3. The van der Waals surface area contributed by atoms with Gasteiger partial charge in [0.05, 0.1) is 6.10 Å². The van der Waals surface area contributed by atoms with E-state index in [0.29, 0.717) is 0 Å². The highest BCUT2D eigenvalue weighted by Gasteiger charge is 1.95. The molecule has 1 heterocycles. The summed E-state index contributed by atoms with van der Waals surface area (Å²) in [5, 5.41) is 12.4. The Morgan fingerprint density at radius 2 is 2.33 bits per heavy atom. The van der Waals surface area contributed by atoms with Crippen molar-refractivity contribution in [3.8, 4) is 0 Å². The van der Waals surface area contributed by atoms with Crippen molar-refractivity contribution in [2.24, 2.45) is 0 Å². The van der Waals surface area contributed by atoms with Gasteiger partial charge in [0.15, 0.2) is 0 Å². The van der Waals surface area contributed by atoms with Crippen molar-refractivity contribution in [1.29, 1.82) is 0 Å². The van der Waals surface area contributed by atoms with Gasteiger partial charge in [0.1, 0.15) is 0 Å². The predicted octanol–water partition coefficient (Wildman–Crippen LogP) is 1.37. The molecule has 0 spiro atoms. The third-order valence-electron chi connectivity index (χ3n) is 2.29. The number of aliphatic hydroxyl groups is 1. The lowest BCUT2D eigenvalue weighted by Gasteiger charge is -2.05. The number of rotatable bonds is 7. The van der Waals surface area contributed by atoms with Gasteiger partial charge in [-0.1, -0.05) is 6.07 Å². The lowest BCUT2D eigenvalue weighted by Crippen LogP contribution is -2.19. The zero-order chi connectivity index (χ0) is 10.9. The fraction of sp³-hybridized carbons (Fsp3) is 0.583. The minimum Gasteiger partial charge on any atom is -0.393 e. The van der Waals surface area contributed by atoms with Gasteiger partial charge in [-0.15, -0.1) is 0 Å². The molecular weight excluding hydrogens is 188 g/mol. The van der Waals surface area contributed by atoms with Gasteiger partial charge in [0.25, 0.3) is 0 Å². The lowest BCUT2D eigenvalue weighted by molar-refractivity contribution is 0.181. The van der Waals surface area contributed by atoms with Crippen LogP contribution in [0.15, 0.2) is 24.5 Å². The molecule has 1 unspecified atom stereocenters. The lowest BCUT2D eigenvalue weighted by atomic mass is 10.2. The number of nitrogens with zero attached hydrogens (tertiary/aromatic N) is 1. The van der Waals surface area contributed by atoms with E-state index in [1.54, 1.807) is 6.20 Å². The van der Waals surface area contributed by atoms with Gasteiger partial charge in [-0.3, -0.25) is 4.98 Å². The van der Waals surface area contributed by atoms with Crippen LogP contribution in [0.3, 0.4) is 0 Å². The summed E-state index contributed by atoms with van der Waals surface area (Å²) in [5.74, 6) is 0. The SMILES string of the molecule is CC(O)CCCNCCc1cccnc1. The Hall–Kier alpha value is -0.930. The maximum atomic E-state index is 9.05. The number of hydrogen-bond donors (Lipinski definition) is 2. The molecule has 3 heteroatoms. The van der Waals surface area contributed by atoms with Crippen LogP contribution in [-0.4, -0.2) is 29.3 Å². The van der Waals surface area contributed by atoms with E-state index in [0.717, 1.165) is 32.4 Å². The number of pyridine rings is 1. The third kappa shape index (κ3) is 6.20. The maximum Gasteiger partial charge on any atom is 0.0512 e. The van der Waals surface area contributed by atoms with Gasteiger partial charge in [-0.25, -0.2) is 0 Å². The monoisotopic (exact) mass is 208 g/mol. The minimum absolute atomic E-state index is 0.176. The largest absolute Gasteiger partial charge is 0.393 e. The standard InChI is InChI=1S/C12H20N2O/c1-11(15)4-2-7-13-9-6-12-5-3-8-14-10-12/h3,5,8,10-11,13,15H,2,4,6-7,9H2,1H3. The molecule has 0 saturated heterocycles. The number of aromatic nitrogens is 1. The summed E-state index contributed by atoms with van der Waals surface area (Å²) in [5.41, 5.74) is 1.26. The first-order chi connectivity index (χ1) is 7.29. The molecule has 0 fully saturated rings. The summed E-state index contributed by atoms with van der Waals surface area (Å²) in [6.07, 6.45) is 6.44. The van der Waals surface area contributed by atoms with Crippen LogP contribution in [0.25, 0.3) is 0 Å². The Kier molecular flexibility index (Phi) is 5.97. The minimum atomic E-state index is -0.176. The number of hydrogen-bond acceptors (Lipinski definition) is 3. The van der Waals surface area contributed by atoms with Crippen molar-refractivity contribution in [2.75, 3.05) is 13.1 Å². The molecule has 1 aromatic rings. The van der Waals surface area contributed by atoms with Crippen molar-refractivity contribution in [3.05, 3.63) is 30.1 Å². The molecule has 1 atom stereocenters. The molecule has 0 aliphatic rings. The van der Waals surface area contributed by atoms with E-state index in [9.17, 15) is 0 Å². The van der Waals surface area contributed by atoms with E-state index >= 15 is 0 Å². The van der Waals surface area contributed by atoms with E-state index in [1.165, 1.54) is 5.56 Å². The second kappa shape index (κ2) is 7.37. The molecule has 84 valence electrons. The summed E-state index contributed by atoms with van der Waals surface area (Å²) in [7, 11) is 0. The average molecular weight is 208 g/mol. The second-order valence-electron chi connectivity index (χ2n) is 3.85. The molecule has 1 rings (SSSR count). The molecule has 3 nitrogen and oxygen atoms in total. The maximum absolute atomic E-state index is 9.05. The Balaban J connectivity index is 1.98. The van der Waals surface area contributed by atoms with Crippen LogP contribution in [0.2, 0.25) is 0 Å². The number of nitrogens with one attached hydrogen (secondary N) is 1. The summed E-state index contributed by atoms with van der Waals surface area (Å²) in [6, 6.07) is 4.05. The van der Waals surface area contributed by atoms with E-state index in [1.807, 2.05) is 19.2 Å². The molecule has 0 amide bonds. The summed E-state index contributed by atoms with van der Waals surface area (Å²) >= 11 is 0. The first-order valence-corrected chi connectivity index (χ1v) is 5.56. The fourth-order valence-corrected chi connectivity index (χ4v) is 1.43. The van der Waals surface area contributed by atoms with Crippen LogP contribution in [0.4, 0.5) is 0 Å². The normalized spacial score (nSPS) is 12.7. The van der Waals surface area contributed by atoms with Crippen LogP contribution < -0.4 is 5.32 Å². The Morgan fingerprint density at radius 3 is 3.00 bits per heavy atom. The molecule has 0 saturated carbocycles. The van der Waals surface area contributed by atoms with Crippen LogP contribution in [0.1, 0.15) is 25.3 Å². The third-order valence-corrected chi connectivity index (χ3v) is 2.29. The fourth-order valence-electron chi connectivity index (χ4n) is 1.43. The zero-order valence-electron chi connectivity index (χ0n) is 9.32. The molecule has 0 aliphatic heterocycles. The highest BCUT2D eigenvalue weighted by Crippen LogP contribution is 1.96. The molecule has 0 radical (unpaired) electrons. The van der Waals surface area contributed by atoms with Crippen molar-refractivity contribution in [3.63, 3.8) is 0 Å². The first-order valence-electron chi connectivity index (χ1n) is 5.56. The Bertz CT molecular complexity index is 249. The molecule has 0 bridgehead atoms. The molecule has 15 heavy (non-hydrogen) atoms. The van der Waals surface area contributed by atoms with Crippen LogP contribution in [-0.2, 0) is 6.42 Å². The molecule has 1 aromatic heterocycles. The van der Waals surface area contributed by atoms with Gasteiger partial charge >= 0.3 is 0 Å². The van der Waals surface area contributed by atoms with Gasteiger partial charge in [0.2, 0.25) is 0 Å².